The third kappa shape index (κ3) is 3.33. The summed E-state index contributed by atoms with van der Waals surface area (Å²) in [6, 6.07) is 0.161. The summed E-state index contributed by atoms with van der Waals surface area (Å²) in [6.07, 6.45) is 2.02. The summed E-state index contributed by atoms with van der Waals surface area (Å²) in [5, 5.41) is 2.74. The maximum Gasteiger partial charge on any atom is 0.407 e. The molecule has 0 aliphatic carbocycles. The first-order valence-corrected chi connectivity index (χ1v) is 4.76. The van der Waals surface area contributed by atoms with E-state index < -0.39 is 0 Å². The average molecular weight is 200 g/mol. The van der Waals surface area contributed by atoms with Crippen molar-refractivity contribution < 1.29 is 14.3 Å². The molecule has 1 N–H and O–H groups in total. The highest BCUT2D eigenvalue weighted by molar-refractivity contribution is 5.67. The lowest BCUT2D eigenvalue weighted by atomic mass is 10.3. The SMILES string of the molecule is COC(=O)NC1CCN(CCC=O)C1. The molecule has 1 amide bonds. The molecule has 0 aromatic rings. The fourth-order valence-corrected chi connectivity index (χ4v) is 1.61. The first-order valence-electron chi connectivity index (χ1n) is 4.76. The van der Waals surface area contributed by atoms with Gasteiger partial charge in [-0.3, -0.25) is 0 Å². The minimum absolute atomic E-state index is 0.161. The van der Waals surface area contributed by atoms with Crippen LogP contribution in [0.1, 0.15) is 12.8 Å². The second kappa shape index (κ2) is 5.59. The molecule has 0 radical (unpaired) electrons. The lowest BCUT2D eigenvalue weighted by Crippen LogP contribution is -2.37. The molecule has 1 aliphatic heterocycles. The molecule has 14 heavy (non-hydrogen) atoms. The molecule has 1 aliphatic rings. The smallest absolute Gasteiger partial charge is 0.407 e. The van der Waals surface area contributed by atoms with E-state index in [0.29, 0.717) is 6.42 Å². The van der Waals surface area contributed by atoms with Crippen molar-refractivity contribution in [3.8, 4) is 0 Å². The first kappa shape index (κ1) is 11.0. The van der Waals surface area contributed by atoms with E-state index in [2.05, 4.69) is 15.0 Å². The van der Waals surface area contributed by atoms with Gasteiger partial charge in [0.2, 0.25) is 0 Å². The molecule has 1 saturated heterocycles. The topological polar surface area (TPSA) is 58.6 Å². The predicted molar refractivity (Wildman–Crippen MR) is 51.1 cm³/mol. The van der Waals surface area contributed by atoms with E-state index in [9.17, 15) is 9.59 Å². The monoisotopic (exact) mass is 200 g/mol. The molecule has 80 valence electrons. The Hall–Kier alpha value is -1.10. The van der Waals surface area contributed by atoms with Crippen molar-refractivity contribution in [2.75, 3.05) is 26.7 Å². The minimum atomic E-state index is -0.382. The third-order valence-electron chi connectivity index (χ3n) is 2.34. The first-order chi connectivity index (χ1) is 6.76. The van der Waals surface area contributed by atoms with Crippen LogP contribution in [0.2, 0.25) is 0 Å². The minimum Gasteiger partial charge on any atom is -0.453 e. The quantitative estimate of drug-likeness (QED) is 0.649. The third-order valence-corrected chi connectivity index (χ3v) is 2.34. The molecular formula is C9H16N2O3. The van der Waals surface area contributed by atoms with Gasteiger partial charge >= 0.3 is 6.09 Å². The van der Waals surface area contributed by atoms with Gasteiger partial charge in [-0.05, 0) is 6.42 Å². The summed E-state index contributed by atoms with van der Waals surface area (Å²) in [5.74, 6) is 0. The normalized spacial score (nSPS) is 21.9. The summed E-state index contributed by atoms with van der Waals surface area (Å²) in [5.41, 5.74) is 0. The maximum absolute atomic E-state index is 10.9. The van der Waals surface area contributed by atoms with Crippen molar-refractivity contribution in [3.05, 3.63) is 0 Å². The molecule has 1 fully saturated rings. The van der Waals surface area contributed by atoms with Gasteiger partial charge < -0.3 is 19.7 Å². The van der Waals surface area contributed by atoms with E-state index in [1.54, 1.807) is 0 Å². The molecule has 1 rings (SSSR count). The van der Waals surface area contributed by atoms with Crippen LogP contribution in [0.4, 0.5) is 4.79 Å². The highest BCUT2D eigenvalue weighted by Crippen LogP contribution is 2.08. The van der Waals surface area contributed by atoms with Crippen LogP contribution in [0.25, 0.3) is 0 Å². The number of rotatable bonds is 4. The van der Waals surface area contributed by atoms with Gasteiger partial charge in [-0.2, -0.15) is 0 Å². The molecule has 0 spiro atoms. The number of amides is 1. The lowest BCUT2D eigenvalue weighted by Gasteiger charge is -2.14. The lowest BCUT2D eigenvalue weighted by molar-refractivity contribution is -0.108. The number of alkyl carbamates (subject to hydrolysis) is 1. The van der Waals surface area contributed by atoms with Crippen molar-refractivity contribution >= 4 is 12.4 Å². The van der Waals surface area contributed by atoms with Crippen LogP contribution < -0.4 is 5.32 Å². The molecule has 0 saturated carbocycles. The number of aldehydes is 1. The Balaban J connectivity index is 2.20. The Bertz CT molecular complexity index is 208. The maximum atomic E-state index is 10.9. The number of likely N-dealkylation sites (tertiary alicyclic amines) is 1. The molecular weight excluding hydrogens is 184 g/mol. The van der Waals surface area contributed by atoms with Gasteiger partial charge in [-0.25, -0.2) is 4.79 Å². The van der Waals surface area contributed by atoms with Gasteiger partial charge in [-0.15, -0.1) is 0 Å². The van der Waals surface area contributed by atoms with Crippen molar-refractivity contribution in [3.63, 3.8) is 0 Å². The highest BCUT2D eigenvalue weighted by atomic mass is 16.5. The Morgan fingerprint density at radius 2 is 2.50 bits per heavy atom. The Morgan fingerprint density at radius 3 is 3.14 bits per heavy atom. The van der Waals surface area contributed by atoms with Crippen molar-refractivity contribution in [1.29, 1.82) is 0 Å². The molecule has 1 atom stereocenters. The zero-order chi connectivity index (χ0) is 10.4. The molecule has 0 aromatic carbocycles. The number of carbonyl (C=O) groups is 2. The molecule has 0 aromatic heterocycles. The molecule has 1 heterocycles. The summed E-state index contributed by atoms with van der Waals surface area (Å²) in [7, 11) is 1.36. The van der Waals surface area contributed by atoms with E-state index in [1.165, 1.54) is 7.11 Å². The number of nitrogens with one attached hydrogen (secondary N) is 1. The van der Waals surface area contributed by atoms with Crippen LogP contribution in [0, 0.1) is 0 Å². The van der Waals surface area contributed by atoms with Gasteiger partial charge in [0.15, 0.2) is 0 Å². The van der Waals surface area contributed by atoms with E-state index in [-0.39, 0.29) is 12.1 Å². The fourth-order valence-electron chi connectivity index (χ4n) is 1.61. The number of methoxy groups -OCH3 is 1. The standard InChI is InChI=1S/C9H16N2O3/c1-14-9(13)10-8-3-5-11(7-8)4-2-6-12/h6,8H,2-5,7H2,1H3,(H,10,13). The largest absolute Gasteiger partial charge is 0.453 e. The summed E-state index contributed by atoms with van der Waals surface area (Å²) in [6.45, 7) is 2.52. The van der Waals surface area contributed by atoms with Crippen LogP contribution in [0.5, 0.6) is 0 Å². The molecule has 5 heteroatoms. The van der Waals surface area contributed by atoms with Crippen molar-refractivity contribution in [2.45, 2.75) is 18.9 Å². The highest BCUT2D eigenvalue weighted by Gasteiger charge is 2.23. The molecule has 0 bridgehead atoms. The second-order valence-electron chi connectivity index (χ2n) is 3.38. The fraction of sp³-hybridized carbons (Fsp3) is 0.778. The van der Waals surface area contributed by atoms with E-state index in [4.69, 9.17) is 0 Å². The van der Waals surface area contributed by atoms with Gasteiger partial charge in [0, 0.05) is 32.1 Å². The Labute approximate surface area is 83.4 Å². The van der Waals surface area contributed by atoms with Gasteiger partial charge in [0.25, 0.3) is 0 Å². The number of hydrogen-bond donors (Lipinski definition) is 1. The van der Waals surface area contributed by atoms with Crippen LogP contribution in [-0.4, -0.2) is 50.1 Å². The van der Waals surface area contributed by atoms with Crippen LogP contribution >= 0.6 is 0 Å². The molecule has 1 unspecified atom stereocenters. The number of hydrogen-bond acceptors (Lipinski definition) is 4. The van der Waals surface area contributed by atoms with Crippen LogP contribution in [0.3, 0.4) is 0 Å². The summed E-state index contributed by atoms with van der Waals surface area (Å²) < 4.78 is 4.50. The zero-order valence-electron chi connectivity index (χ0n) is 8.36. The van der Waals surface area contributed by atoms with Gasteiger partial charge in [0.05, 0.1) is 7.11 Å². The predicted octanol–water partition coefficient (Wildman–Crippen LogP) is 0.00570. The van der Waals surface area contributed by atoms with Crippen molar-refractivity contribution in [1.82, 2.24) is 10.2 Å². The zero-order valence-corrected chi connectivity index (χ0v) is 8.36. The van der Waals surface area contributed by atoms with Crippen LogP contribution in [0.15, 0.2) is 0 Å². The number of ether oxygens (including phenoxy) is 1. The summed E-state index contributed by atoms with van der Waals surface area (Å²) in [4.78, 5) is 23.2. The number of nitrogens with zero attached hydrogens (tertiary/aromatic N) is 1. The summed E-state index contributed by atoms with van der Waals surface area (Å²) >= 11 is 0. The van der Waals surface area contributed by atoms with Gasteiger partial charge in [0.1, 0.15) is 6.29 Å². The molecule has 5 nitrogen and oxygen atoms in total. The van der Waals surface area contributed by atoms with E-state index >= 15 is 0 Å². The van der Waals surface area contributed by atoms with E-state index in [0.717, 1.165) is 32.3 Å². The van der Waals surface area contributed by atoms with Crippen LogP contribution in [-0.2, 0) is 9.53 Å². The second-order valence-corrected chi connectivity index (χ2v) is 3.38. The Morgan fingerprint density at radius 1 is 1.71 bits per heavy atom. The Kier molecular flexibility index (Phi) is 4.39. The van der Waals surface area contributed by atoms with Crippen molar-refractivity contribution in [2.24, 2.45) is 0 Å². The average Bonchev–Trinajstić information content (AvgIpc) is 2.62. The van der Waals surface area contributed by atoms with Gasteiger partial charge in [-0.1, -0.05) is 0 Å². The van der Waals surface area contributed by atoms with E-state index in [1.807, 2.05) is 0 Å². The number of carbonyl (C=O) groups excluding carboxylic acids is 2.